The van der Waals surface area contributed by atoms with Crippen molar-refractivity contribution in [3.05, 3.63) is 36.2 Å². The number of benzene rings is 1. The first-order valence-corrected chi connectivity index (χ1v) is 5.52. The van der Waals surface area contributed by atoms with Crippen LogP contribution in [0.3, 0.4) is 0 Å². The van der Waals surface area contributed by atoms with Gasteiger partial charge in [-0.3, -0.25) is 0 Å². The second-order valence-electron chi connectivity index (χ2n) is 3.81. The molecule has 4 heteroatoms. The molecule has 0 aliphatic rings. The normalized spacial score (nSPS) is 12.4. The SMILES string of the molecule is CNC(C)c1cnc(-c2cccc(OC)c2)o1. The average molecular weight is 232 g/mol. The third-order valence-electron chi connectivity index (χ3n) is 2.70. The van der Waals surface area contributed by atoms with Crippen LogP contribution in [0.4, 0.5) is 0 Å². The van der Waals surface area contributed by atoms with Crippen molar-refractivity contribution in [3.63, 3.8) is 0 Å². The number of hydrogen-bond donors (Lipinski definition) is 1. The van der Waals surface area contributed by atoms with E-state index in [0.29, 0.717) is 5.89 Å². The summed E-state index contributed by atoms with van der Waals surface area (Å²) in [7, 11) is 3.53. The van der Waals surface area contributed by atoms with E-state index in [9.17, 15) is 0 Å². The molecule has 17 heavy (non-hydrogen) atoms. The number of nitrogens with one attached hydrogen (secondary N) is 1. The first-order chi connectivity index (χ1) is 8.24. The molecule has 90 valence electrons. The number of methoxy groups -OCH3 is 1. The summed E-state index contributed by atoms with van der Waals surface area (Å²) in [5.74, 6) is 2.23. The van der Waals surface area contributed by atoms with Crippen LogP contribution in [0.5, 0.6) is 5.75 Å². The molecule has 0 spiro atoms. The molecule has 4 nitrogen and oxygen atoms in total. The topological polar surface area (TPSA) is 47.3 Å². The summed E-state index contributed by atoms with van der Waals surface area (Å²) in [6.45, 7) is 2.02. The van der Waals surface area contributed by atoms with Crippen LogP contribution in [0.1, 0.15) is 18.7 Å². The minimum absolute atomic E-state index is 0.154. The summed E-state index contributed by atoms with van der Waals surface area (Å²) in [5, 5.41) is 3.11. The van der Waals surface area contributed by atoms with E-state index in [-0.39, 0.29) is 6.04 Å². The number of rotatable bonds is 4. The van der Waals surface area contributed by atoms with Crippen molar-refractivity contribution in [1.82, 2.24) is 10.3 Å². The van der Waals surface area contributed by atoms with Crippen LogP contribution in [0.25, 0.3) is 11.5 Å². The average Bonchev–Trinajstić information content (AvgIpc) is 2.87. The number of ether oxygens (including phenoxy) is 1. The van der Waals surface area contributed by atoms with E-state index >= 15 is 0 Å². The molecule has 0 fully saturated rings. The van der Waals surface area contributed by atoms with Gasteiger partial charge in [0.15, 0.2) is 0 Å². The van der Waals surface area contributed by atoms with E-state index in [4.69, 9.17) is 9.15 Å². The van der Waals surface area contributed by atoms with Crippen molar-refractivity contribution in [2.75, 3.05) is 14.2 Å². The minimum atomic E-state index is 0.154. The second-order valence-corrected chi connectivity index (χ2v) is 3.81. The molecule has 2 aromatic rings. The molecule has 1 aromatic carbocycles. The van der Waals surface area contributed by atoms with E-state index in [0.717, 1.165) is 17.1 Å². The van der Waals surface area contributed by atoms with E-state index in [1.54, 1.807) is 13.3 Å². The lowest BCUT2D eigenvalue weighted by Gasteiger charge is -2.04. The summed E-state index contributed by atoms with van der Waals surface area (Å²) in [6, 6.07) is 7.81. The Morgan fingerprint density at radius 2 is 2.24 bits per heavy atom. The second kappa shape index (κ2) is 5.01. The first kappa shape index (κ1) is 11.7. The van der Waals surface area contributed by atoms with Gasteiger partial charge in [-0.25, -0.2) is 4.98 Å². The minimum Gasteiger partial charge on any atom is -0.497 e. The quantitative estimate of drug-likeness (QED) is 0.880. The van der Waals surface area contributed by atoms with E-state index in [2.05, 4.69) is 10.3 Å². The highest BCUT2D eigenvalue weighted by Gasteiger charge is 2.11. The van der Waals surface area contributed by atoms with Gasteiger partial charge in [-0.2, -0.15) is 0 Å². The summed E-state index contributed by atoms with van der Waals surface area (Å²) in [5.41, 5.74) is 0.916. The van der Waals surface area contributed by atoms with Crippen LogP contribution in [-0.4, -0.2) is 19.1 Å². The molecule has 1 heterocycles. The van der Waals surface area contributed by atoms with Crippen LogP contribution < -0.4 is 10.1 Å². The molecule has 1 aromatic heterocycles. The van der Waals surface area contributed by atoms with E-state index in [1.807, 2.05) is 38.2 Å². The summed E-state index contributed by atoms with van der Waals surface area (Å²) >= 11 is 0. The fraction of sp³-hybridized carbons (Fsp3) is 0.308. The number of aromatic nitrogens is 1. The third kappa shape index (κ3) is 2.47. The largest absolute Gasteiger partial charge is 0.497 e. The van der Waals surface area contributed by atoms with Crippen molar-refractivity contribution < 1.29 is 9.15 Å². The molecular formula is C13H16N2O2. The summed E-state index contributed by atoms with van der Waals surface area (Å²) in [6.07, 6.45) is 1.75. The molecule has 1 N–H and O–H groups in total. The highest BCUT2D eigenvalue weighted by atomic mass is 16.5. The van der Waals surface area contributed by atoms with Crippen LogP contribution in [0.2, 0.25) is 0 Å². The van der Waals surface area contributed by atoms with Crippen LogP contribution in [0, 0.1) is 0 Å². The highest BCUT2D eigenvalue weighted by Crippen LogP contribution is 2.25. The van der Waals surface area contributed by atoms with Gasteiger partial charge in [-0.1, -0.05) is 6.07 Å². The first-order valence-electron chi connectivity index (χ1n) is 5.52. The van der Waals surface area contributed by atoms with E-state index in [1.165, 1.54) is 0 Å². The van der Waals surface area contributed by atoms with Crippen molar-refractivity contribution >= 4 is 0 Å². The fourth-order valence-electron chi connectivity index (χ4n) is 1.52. The molecule has 0 radical (unpaired) electrons. The monoisotopic (exact) mass is 232 g/mol. The summed E-state index contributed by atoms with van der Waals surface area (Å²) in [4.78, 5) is 4.27. The van der Waals surface area contributed by atoms with Crippen molar-refractivity contribution in [2.45, 2.75) is 13.0 Å². The predicted molar refractivity (Wildman–Crippen MR) is 66.0 cm³/mol. The smallest absolute Gasteiger partial charge is 0.226 e. The van der Waals surface area contributed by atoms with E-state index < -0.39 is 0 Å². The van der Waals surface area contributed by atoms with Gasteiger partial charge in [0.25, 0.3) is 0 Å². The highest BCUT2D eigenvalue weighted by molar-refractivity contribution is 5.55. The number of nitrogens with zero attached hydrogens (tertiary/aromatic N) is 1. The Morgan fingerprint density at radius 3 is 2.94 bits per heavy atom. The zero-order valence-corrected chi connectivity index (χ0v) is 10.2. The van der Waals surface area contributed by atoms with Gasteiger partial charge in [0.2, 0.25) is 5.89 Å². The van der Waals surface area contributed by atoms with Crippen LogP contribution >= 0.6 is 0 Å². The molecule has 2 rings (SSSR count). The lowest BCUT2D eigenvalue weighted by atomic mass is 10.2. The molecule has 0 amide bonds. The zero-order valence-electron chi connectivity index (χ0n) is 10.2. The van der Waals surface area contributed by atoms with Gasteiger partial charge in [-0.15, -0.1) is 0 Å². The molecule has 1 unspecified atom stereocenters. The molecule has 1 atom stereocenters. The Hall–Kier alpha value is -1.81. The van der Waals surface area contributed by atoms with Gasteiger partial charge in [-0.05, 0) is 32.2 Å². The maximum atomic E-state index is 5.69. The third-order valence-corrected chi connectivity index (χ3v) is 2.70. The van der Waals surface area contributed by atoms with Crippen molar-refractivity contribution in [2.24, 2.45) is 0 Å². The maximum absolute atomic E-state index is 5.69. The maximum Gasteiger partial charge on any atom is 0.226 e. The Kier molecular flexibility index (Phi) is 3.44. The molecule has 0 aliphatic carbocycles. The Labute approximate surface area is 101 Å². The van der Waals surface area contributed by atoms with Gasteiger partial charge in [0, 0.05) is 5.56 Å². The number of oxazole rings is 1. The van der Waals surface area contributed by atoms with Crippen LogP contribution in [0.15, 0.2) is 34.9 Å². The van der Waals surface area contributed by atoms with Gasteiger partial charge < -0.3 is 14.5 Å². The van der Waals surface area contributed by atoms with Crippen molar-refractivity contribution in [1.29, 1.82) is 0 Å². The predicted octanol–water partition coefficient (Wildman–Crippen LogP) is 2.63. The Balaban J connectivity index is 2.30. The molecular weight excluding hydrogens is 216 g/mol. The zero-order chi connectivity index (χ0) is 12.3. The molecule has 0 saturated carbocycles. The lowest BCUT2D eigenvalue weighted by Crippen LogP contribution is -2.11. The fourth-order valence-corrected chi connectivity index (χ4v) is 1.52. The molecule has 0 bridgehead atoms. The summed E-state index contributed by atoms with van der Waals surface area (Å²) < 4.78 is 10.9. The van der Waals surface area contributed by atoms with Gasteiger partial charge >= 0.3 is 0 Å². The van der Waals surface area contributed by atoms with Crippen molar-refractivity contribution in [3.8, 4) is 17.2 Å². The number of hydrogen-bond acceptors (Lipinski definition) is 4. The molecule has 0 saturated heterocycles. The lowest BCUT2D eigenvalue weighted by molar-refractivity contribution is 0.414. The Morgan fingerprint density at radius 1 is 1.41 bits per heavy atom. The molecule has 0 aliphatic heterocycles. The standard InChI is InChI=1S/C13H16N2O2/c1-9(14-2)12-8-15-13(17-12)10-5-4-6-11(7-10)16-3/h4-9,14H,1-3H3. The Bertz CT molecular complexity index is 494. The van der Waals surface area contributed by atoms with Gasteiger partial charge in [0.1, 0.15) is 11.5 Å². The van der Waals surface area contributed by atoms with Gasteiger partial charge in [0.05, 0.1) is 19.3 Å². The van der Waals surface area contributed by atoms with Crippen LogP contribution in [-0.2, 0) is 0 Å².